The van der Waals surface area contributed by atoms with E-state index in [4.69, 9.17) is 4.74 Å². The van der Waals surface area contributed by atoms with E-state index in [2.05, 4.69) is 36.4 Å². The fourth-order valence-corrected chi connectivity index (χ4v) is 3.24. The van der Waals surface area contributed by atoms with Crippen LogP contribution >= 0.6 is 15.9 Å². The summed E-state index contributed by atoms with van der Waals surface area (Å²) in [5, 5.41) is 13.0. The van der Waals surface area contributed by atoms with Crippen LogP contribution in [0.2, 0.25) is 0 Å². The molecule has 1 saturated heterocycles. The molecule has 1 fully saturated rings. The van der Waals surface area contributed by atoms with Gasteiger partial charge in [0.1, 0.15) is 5.75 Å². The van der Waals surface area contributed by atoms with Crippen molar-refractivity contribution < 1.29 is 9.53 Å². The van der Waals surface area contributed by atoms with Crippen LogP contribution < -0.4 is 4.74 Å². The zero-order valence-corrected chi connectivity index (χ0v) is 16.4. The zero-order chi connectivity index (χ0) is 18.4. The molecule has 140 valence electrons. The van der Waals surface area contributed by atoms with E-state index < -0.39 is 0 Å². The monoisotopic (exact) mass is 422 g/mol. The molecule has 0 N–H and O–H groups in total. The number of hydrogen-bond donors (Lipinski definition) is 0. The van der Waals surface area contributed by atoms with Crippen molar-refractivity contribution in [3.8, 4) is 11.4 Å². The Morgan fingerprint density at radius 1 is 1.19 bits per heavy atom. The Bertz CT molecular complexity index is 712. The second-order valence-corrected chi connectivity index (χ2v) is 6.95. The number of alkyl halides is 1. The molecular weight excluding hydrogens is 400 g/mol. The number of carbonyl (C=O) groups excluding carboxylic acids is 1. The van der Waals surface area contributed by atoms with Crippen molar-refractivity contribution in [2.45, 2.75) is 19.4 Å². The first-order valence-electron chi connectivity index (χ1n) is 8.69. The van der Waals surface area contributed by atoms with Crippen LogP contribution in [0.15, 0.2) is 24.3 Å². The molecule has 0 saturated carbocycles. The quantitative estimate of drug-likeness (QED) is 0.629. The molecule has 0 atom stereocenters. The summed E-state index contributed by atoms with van der Waals surface area (Å²) >= 11 is 3.37. The lowest BCUT2D eigenvalue weighted by molar-refractivity contribution is -0.133. The summed E-state index contributed by atoms with van der Waals surface area (Å²) in [7, 11) is 1.64. The van der Waals surface area contributed by atoms with Gasteiger partial charge < -0.3 is 9.64 Å². The van der Waals surface area contributed by atoms with Gasteiger partial charge in [-0.3, -0.25) is 9.69 Å². The Kier molecular flexibility index (Phi) is 6.56. The van der Waals surface area contributed by atoms with Gasteiger partial charge in [0, 0.05) is 37.9 Å². The smallest absolute Gasteiger partial charge is 0.222 e. The topological polar surface area (TPSA) is 76.4 Å². The summed E-state index contributed by atoms with van der Waals surface area (Å²) in [6, 6.07) is 7.63. The lowest BCUT2D eigenvalue weighted by Crippen LogP contribution is -2.48. The standard InChI is InChI=1S/C17H23BrN6O2/c1-26-15-6-4-14(5-7-15)24-16(19-20-21-24)13-22-9-11-23(12-10-22)17(25)3-2-8-18/h4-7H,2-3,8-13H2,1H3. The second-order valence-electron chi connectivity index (χ2n) is 6.15. The van der Waals surface area contributed by atoms with Crippen molar-refractivity contribution in [1.29, 1.82) is 0 Å². The van der Waals surface area contributed by atoms with Gasteiger partial charge in [0.2, 0.25) is 5.91 Å². The summed E-state index contributed by atoms with van der Waals surface area (Å²) in [4.78, 5) is 16.3. The molecule has 0 aliphatic carbocycles. The van der Waals surface area contributed by atoms with Gasteiger partial charge in [-0.25, -0.2) is 0 Å². The number of halogens is 1. The predicted octanol–water partition coefficient (Wildman–Crippen LogP) is 1.49. The van der Waals surface area contributed by atoms with Crippen LogP contribution in [0.25, 0.3) is 5.69 Å². The van der Waals surface area contributed by atoms with Gasteiger partial charge in [0.25, 0.3) is 0 Å². The zero-order valence-electron chi connectivity index (χ0n) is 14.8. The first-order valence-corrected chi connectivity index (χ1v) is 9.81. The first-order chi connectivity index (χ1) is 12.7. The fourth-order valence-electron chi connectivity index (χ4n) is 2.96. The molecule has 26 heavy (non-hydrogen) atoms. The molecule has 0 spiro atoms. The van der Waals surface area contributed by atoms with Crippen LogP contribution in [0.4, 0.5) is 0 Å². The van der Waals surface area contributed by atoms with Crippen molar-refractivity contribution in [3.63, 3.8) is 0 Å². The molecule has 8 nitrogen and oxygen atoms in total. The lowest BCUT2D eigenvalue weighted by Gasteiger charge is -2.34. The van der Waals surface area contributed by atoms with Crippen LogP contribution in [-0.4, -0.2) is 74.5 Å². The summed E-state index contributed by atoms with van der Waals surface area (Å²) in [5.41, 5.74) is 0.898. The third-order valence-electron chi connectivity index (χ3n) is 4.47. The third kappa shape index (κ3) is 4.59. The minimum atomic E-state index is 0.243. The van der Waals surface area contributed by atoms with Crippen molar-refractivity contribution in [2.24, 2.45) is 0 Å². The number of methoxy groups -OCH3 is 1. The van der Waals surface area contributed by atoms with Gasteiger partial charge in [-0.2, -0.15) is 4.68 Å². The highest BCUT2D eigenvalue weighted by Crippen LogP contribution is 2.16. The summed E-state index contributed by atoms with van der Waals surface area (Å²) < 4.78 is 6.93. The number of amides is 1. The number of piperazine rings is 1. The average molecular weight is 423 g/mol. The number of tetrazole rings is 1. The van der Waals surface area contributed by atoms with Gasteiger partial charge in [0.05, 0.1) is 19.3 Å². The molecule has 0 unspecified atom stereocenters. The Morgan fingerprint density at radius 3 is 2.58 bits per heavy atom. The summed E-state index contributed by atoms with van der Waals surface area (Å²) in [5.74, 6) is 1.82. The molecule has 1 aromatic heterocycles. The molecule has 9 heteroatoms. The summed E-state index contributed by atoms with van der Waals surface area (Å²) in [6.45, 7) is 3.82. The Balaban J connectivity index is 1.57. The molecule has 3 rings (SSSR count). The Hall–Kier alpha value is -2.00. The molecule has 1 aromatic carbocycles. The lowest BCUT2D eigenvalue weighted by atomic mass is 10.2. The van der Waals surface area contributed by atoms with E-state index in [9.17, 15) is 4.79 Å². The largest absolute Gasteiger partial charge is 0.497 e. The van der Waals surface area contributed by atoms with Gasteiger partial charge in [0.15, 0.2) is 5.82 Å². The SMILES string of the molecule is COc1ccc(-n2nnnc2CN2CCN(C(=O)CCCBr)CC2)cc1. The number of aromatic nitrogens is 4. The molecular formula is C17H23BrN6O2. The van der Waals surface area contributed by atoms with E-state index in [1.165, 1.54) is 0 Å². The first kappa shape index (κ1) is 18.8. The van der Waals surface area contributed by atoms with Gasteiger partial charge in [-0.1, -0.05) is 15.9 Å². The van der Waals surface area contributed by atoms with Crippen LogP contribution in [-0.2, 0) is 11.3 Å². The van der Waals surface area contributed by atoms with Crippen molar-refractivity contribution in [2.75, 3.05) is 38.6 Å². The van der Waals surface area contributed by atoms with Crippen molar-refractivity contribution >= 4 is 21.8 Å². The predicted molar refractivity (Wildman–Crippen MR) is 101 cm³/mol. The highest BCUT2D eigenvalue weighted by Gasteiger charge is 2.22. The molecule has 0 radical (unpaired) electrons. The van der Waals surface area contributed by atoms with E-state index in [1.807, 2.05) is 29.2 Å². The molecule has 2 aromatic rings. The van der Waals surface area contributed by atoms with E-state index in [0.29, 0.717) is 13.0 Å². The van der Waals surface area contributed by atoms with Crippen molar-refractivity contribution in [1.82, 2.24) is 30.0 Å². The van der Waals surface area contributed by atoms with Crippen molar-refractivity contribution in [3.05, 3.63) is 30.1 Å². The van der Waals surface area contributed by atoms with Gasteiger partial charge >= 0.3 is 0 Å². The Morgan fingerprint density at radius 2 is 1.92 bits per heavy atom. The highest BCUT2D eigenvalue weighted by molar-refractivity contribution is 9.09. The van der Waals surface area contributed by atoms with Crippen LogP contribution in [0.3, 0.4) is 0 Å². The van der Waals surface area contributed by atoms with Crippen LogP contribution in [0.1, 0.15) is 18.7 Å². The molecule has 1 aliphatic heterocycles. The number of nitrogens with zero attached hydrogens (tertiary/aromatic N) is 6. The fraction of sp³-hybridized carbons (Fsp3) is 0.529. The number of rotatable bonds is 7. The minimum absolute atomic E-state index is 0.243. The van der Waals surface area contributed by atoms with Crippen LogP contribution in [0, 0.1) is 0 Å². The van der Waals surface area contributed by atoms with Gasteiger partial charge in [-0.15, -0.1) is 5.10 Å². The maximum Gasteiger partial charge on any atom is 0.222 e. The molecule has 2 heterocycles. The third-order valence-corrected chi connectivity index (χ3v) is 5.03. The van der Waals surface area contributed by atoms with E-state index in [0.717, 1.165) is 55.2 Å². The Labute approximate surface area is 161 Å². The van der Waals surface area contributed by atoms with Gasteiger partial charge in [-0.05, 0) is 41.1 Å². The maximum absolute atomic E-state index is 12.1. The van der Waals surface area contributed by atoms with E-state index in [1.54, 1.807) is 11.8 Å². The number of ether oxygens (including phenoxy) is 1. The number of carbonyl (C=O) groups is 1. The molecule has 1 aliphatic rings. The van der Waals surface area contributed by atoms with Crippen LogP contribution in [0.5, 0.6) is 5.75 Å². The summed E-state index contributed by atoms with van der Waals surface area (Å²) in [6.07, 6.45) is 1.50. The second kappa shape index (κ2) is 9.09. The maximum atomic E-state index is 12.1. The minimum Gasteiger partial charge on any atom is -0.497 e. The highest BCUT2D eigenvalue weighted by atomic mass is 79.9. The number of benzene rings is 1. The average Bonchev–Trinajstić information content (AvgIpc) is 3.15. The molecule has 0 bridgehead atoms. The normalized spacial score (nSPS) is 15.2. The number of hydrogen-bond acceptors (Lipinski definition) is 6. The van der Waals surface area contributed by atoms with E-state index >= 15 is 0 Å². The van der Waals surface area contributed by atoms with E-state index in [-0.39, 0.29) is 5.91 Å². The molecule has 1 amide bonds.